The average molecular weight is 411 g/mol. The zero-order valence-electron chi connectivity index (χ0n) is 15.7. The molecular weight excluding hydrogens is 392 g/mol. The molecule has 1 N–H and O–H groups in total. The first kappa shape index (κ1) is 17.9. The van der Waals surface area contributed by atoms with Crippen LogP contribution in [0, 0.1) is 0 Å². The minimum atomic E-state index is -0.539. The Labute approximate surface area is 172 Å². The molecule has 0 spiro atoms. The van der Waals surface area contributed by atoms with Crippen molar-refractivity contribution < 1.29 is 19.0 Å². The average Bonchev–Trinajstić information content (AvgIpc) is 3.40. The molecule has 3 heterocycles. The number of hydrogen-bond acceptors (Lipinski definition) is 6. The third-order valence-corrected chi connectivity index (χ3v) is 5.37. The van der Waals surface area contributed by atoms with Gasteiger partial charge in [-0.05, 0) is 43.3 Å². The number of hydrogen-bond donors (Lipinski definition) is 1. The maximum Gasteiger partial charge on any atom is 0.246 e. The SMILES string of the molecule is CCOc1cccc2c1O[C@H](c1ccco1)N1N=C(c3cc(Cl)ccc3O)C[C@H]21. The lowest BCUT2D eigenvalue weighted by Gasteiger charge is -2.37. The summed E-state index contributed by atoms with van der Waals surface area (Å²) < 4.78 is 17.8. The van der Waals surface area contributed by atoms with Crippen LogP contribution in [-0.4, -0.2) is 22.4 Å². The van der Waals surface area contributed by atoms with Crippen molar-refractivity contribution in [3.8, 4) is 17.2 Å². The van der Waals surface area contributed by atoms with Crippen molar-refractivity contribution in [2.75, 3.05) is 6.61 Å². The molecule has 1 aromatic heterocycles. The van der Waals surface area contributed by atoms with Crippen LogP contribution in [0.1, 0.15) is 42.5 Å². The number of phenolic OH excluding ortho intramolecular Hbond substituents is 1. The number of halogens is 1. The molecular formula is C22H19ClN2O4. The van der Waals surface area contributed by atoms with Gasteiger partial charge in [-0.25, -0.2) is 5.01 Å². The predicted molar refractivity (Wildman–Crippen MR) is 109 cm³/mol. The van der Waals surface area contributed by atoms with Crippen molar-refractivity contribution in [2.45, 2.75) is 25.6 Å². The molecule has 5 rings (SSSR count). The normalized spacial score (nSPS) is 19.9. The van der Waals surface area contributed by atoms with E-state index < -0.39 is 6.23 Å². The van der Waals surface area contributed by atoms with Crippen molar-refractivity contribution >= 4 is 17.3 Å². The lowest BCUT2D eigenvalue weighted by molar-refractivity contribution is -0.0344. The number of rotatable bonds is 4. The van der Waals surface area contributed by atoms with E-state index in [1.807, 2.05) is 42.3 Å². The van der Waals surface area contributed by atoms with Gasteiger partial charge in [0, 0.05) is 22.6 Å². The Morgan fingerprint density at radius 3 is 2.93 bits per heavy atom. The molecule has 0 saturated heterocycles. The smallest absolute Gasteiger partial charge is 0.246 e. The first-order valence-electron chi connectivity index (χ1n) is 9.46. The zero-order chi connectivity index (χ0) is 20.0. The molecule has 29 heavy (non-hydrogen) atoms. The van der Waals surface area contributed by atoms with Crippen LogP contribution in [0.15, 0.2) is 64.3 Å². The lowest BCUT2D eigenvalue weighted by Crippen LogP contribution is -2.33. The van der Waals surface area contributed by atoms with E-state index in [1.54, 1.807) is 24.5 Å². The Morgan fingerprint density at radius 2 is 2.14 bits per heavy atom. The second kappa shape index (κ2) is 7.04. The summed E-state index contributed by atoms with van der Waals surface area (Å²) in [6.07, 6.45) is 1.67. The summed E-state index contributed by atoms with van der Waals surface area (Å²) in [7, 11) is 0. The topological polar surface area (TPSA) is 67.4 Å². The molecule has 148 valence electrons. The number of hydrazone groups is 1. The van der Waals surface area contributed by atoms with Gasteiger partial charge in [-0.2, -0.15) is 5.10 Å². The quantitative estimate of drug-likeness (QED) is 0.633. The number of nitrogens with zero attached hydrogens (tertiary/aromatic N) is 2. The highest BCUT2D eigenvalue weighted by Gasteiger charge is 2.43. The van der Waals surface area contributed by atoms with Gasteiger partial charge in [-0.15, -0.1) is 0 Å². The van der Waals surface area contributed by atoms with E-state index in [2.05, 4.69) is 0 Å². The van der Waals surface area contributed by atoms with Crippen LogP contribution in [-0.2, 0) is 0 Å². The van der Waals surface area contributed by atoms with Crippen LogP contribution >= 0.6 is 11.6 Å². The summed E-state index contributed by atoms with van der Waals surface area (Å²) in [5.41, 5.74) is 2.34. The van der Waals surface area contributed by atoms with Crippen LogP contribution in [0.4, 0.5) is 0 Å². The van der Waals surface area contributed by atoms with Crippen molar-refractivity contribution in [1.82, 2.24) is 5.01 Å². The summed E-state index contributed by atoms with van der Waals surface area (Å²) in [5, 5.41) is 17.6. The molecule has 2 atom stereocenters. The van der Waals surface area contributed by atoms with E-state index in [-0.39, 0.29) is 11.8 Å². The fourth-order valence-corrected chi connectivity index (χ4v) is 4.05. The highest BCUT2D eigenvalue weighted by atomic mass is 35.5. The van der Waals surface area contributed by atoms with Gasteiger partial charge in [0.25, 0.3) is 0 Å². The zero-order valence-corrected chi connectivity index (χ0v) is 16.5. The maximum absolute atomic E-state index is 10.4. The Balaban J connectivity index is 1.62. The molecule has 7 heteroatoms. The van der Waals surface area contributed by atoms with Gasteiger partial charge >= 0.3 is 0 Å². The molecule has 0 saturated carbocycles. The van der Waals surface area contributed by atoms with Crippen LogP contribution in [0.2, 0.25) is 5.02 Å². The molecule has 0 bridgehead atoms. The molecule has 0 aliphatic carbocycles. The Hall–Kier alpha value is -3.12. The van der Waals surface area contributed by atoms with Gasteiger partial charge in [-0.1, -0.05) is 23.7 Å². The molecule has 0 radical (unpaired) electrons. The van der Waals surface area contributed by atoms with Crippen LogP contribution in [0.25, 0.3) is 0 Å². The van der Waals surface area contributed by atoms with Crippen molar-refractivity contribution in [1.29, 1.82) is 0 Å². The summed E-state index contributed by atoms with van der Waals surface area (Å²) in [5.74, 6) is 2.18. The van der Waals surface area contributed by atoms with Gasteiger partial charge in [0.2, 0.25) is 6.23 Å². The molecule has 0 unspecified atom stereocenters. The van der Waals surface area contributed by atoms with E-state index in [0.29, 0.717) is 40.9 Å². The fourth-order valence-electron chi connectivity index (χ4n) is 3.87. The summed E-state index contributed by atoms with van der Waals surface area (Å²) in [6, 6.07) is 14.4. The van der Waals surface area contributed by atoms with E-state index in [9.17, 15) is 5.11 Å². The fraction of sp³-hybridized carbons (Fsp3) is 0.227. The van der Waals surface area contributed by atoms with Crippen LogP contribution in [0.3, 0.4) is 0 Å². The molecule has 2 aliphatic rings. The van der Waals surface area contributed by atoms with Gasteiger partial charge < -0.3 is 19.0 Å². The predicted octanol–water partition coefficient (Wildman–Crippen LogP) is 5.28. The molecule has 3 aromatic rings. The summed E-state index contributed by atoms with van der Waals surface area (Å²) in [4.78, 5) is 0. The number of phenols is 1. The number of aromatic hydroxyl groups is 1. The first-order valence-corrected chi connectivity index (χ1v) is 9.84. The highest BCUT2D eigenvalue weighted by Crippen LogP contribution is 2.51. The highest BCUT2D eigenvalue weighted by molar-refractivity contribution is 6.31. The summed E-state index contributed by atoms with van der Waals surface area (Å²) >= 11 is 6.16. The van der Waals surface area contributed by atoms with Crippen LogP contribution in [0.5, 0.6) is 17.2 Å². The molecule has 0 amide bonds. The van der Waals surface area contributed by atoms with E-state index in [4.69, 9.17) is 30.6 Å². The van der Waals surface area contributed by atoms with E-state index in [0.717, 1.165) is 11.3 Å². The molecule has 2 aromatic carbocycles. The number of benzene rings is 2. The van der Waals surface area contributed by atoms with Gasteiger partial charge in [-0.3, -0.25) is 0 Å². The third-order valence-electron chi connectivity index (χ3n) is 5.14. The minimum absolute atomic E-state index is 0.0809. The Bertz CT molecular complexity index is 1080. The van der Waals surface area contributed by atoms with Gasteiger partial charge in [0.05, 0.1) is 24.6 Å². The maximum atomic E-state index is 10.4. The largest absolute Gasteiger partial charge is 0.507 e. The van der Waals surface area contributed by atoms with Crippen molar-refractivity contribution in [2.24, 2.45) is 5.10 Å². The van der Waals surface area contributed by atoms with Gasteiger partial charge in [0.1, 0.15) is 5.75 Å². The number of ether oxygens (including phenoxy) is 2. The van der Waals surface area contributed by atoms with E-state index >= 15 is 0 Å². The Kier molecular flexibility index (Phi) is 4.36. The van der Waals surface area contributed by atoms with Crippen molar-refractivity contribution in [3.63, 3.8) is 0 Å². The summed E-state index contributed by atoms with van der Waals surface area (Å²) in [6.45, 7) is 2.48. The first-order chi connectivity index (χ1) is 14.2. The van der Waals surface area contributed by atoms with Crippen LogP contribution < -0.4 is 9.47 Å². The number of fused-ring (bicyclic) bond motifs is 3. The molecule has 2 aliphatic heterocycles. The van der Waals surface area contributed by atoms with Crippen molar-refractivity contribution in [3.05, 3.63) is 76.7 Å². The lowest BCUT2D eigenvalue weighted by atomic mass is 9.95. The molecule has 0 fully saturated rings. The second-order valence-corrected chi connectivity index (χ2v) is 7.34. The second-order valence-electron chi connectivity index (χ2n) is 6.90. The number of para-hydroxylation sites is 1. The van der Waals surface area contributed by atoms with E-state index in [1.165, 1.54) is 0 Å². The number of furan rings is 1. The molecule has 6 nitrogen and oxygen atoms in total. The minimum Gasteiger partial charge on any atom is -0.507 e. The monoisotopic (exact) mass is 410 g/mol. The Morgan fingerprint density at radius 1 is 1.24 bits per heavy atom. The van der Waals surface area contributed by atoms with Gasteiger partial charge in [0.15, 0.2) is 17.3 Å². The standard InChI is InChI=1S/C22H19ClN2O4/c1-2-27-19-6-3-5-14-17-12-16(15-11-13(23)8-9-18(15)26)24-25(17)22(29-21(14)19)20-7-4-10-28-20/h3-11,17,22,26H,2,12H2,1H3/t17-,22-/m1/s1. The third kappa shape index (κ3) is 3.00.